The highest BCUT2D eigenvalue weighted by molar-refractivity contribution is 5.70. The van der Waals surface area contributed by atoms with Gasteiger partial charge in [0.15, 0.2) is 0 Å². The van der Waals surface area contributed by atoms with E-state index in [1.165, 1.54) is 0 Å². The fourth-order valence-electron chi connectivity index (χ4n) is 1.44. The van der Waals surface area contributed by atoms with Gasteiger partial charge in [0.2, 0.25) is 0 Å². The number of nitrogens with one attached hydrogen (secondary N) is 1. The summed E-state index contributed by atoms with van der Waals surface area (Å²) >= 11 is 0. The number of rotatable bonds is 1. The van der Waals surface area contributed by atoms with Crippen molar-refractivity contribution in [1.29, 1.82) is 0 Å². The summed E-state index contributed by atoms with van der Waals surface area (Å²) in [5.41, 5.74) is 0. The minimum Gasteiger partial charge on any atom is -0.481 e. The summed E-state index contributed by atoms with van der Waals surface area (Å²) in [6.45, 7) is 2.83. The zero-order chi connectivity index (χ0) is 7.72. The van der Waals surface area contributed by atoms with Crippen molar-refractivity contribution in [2.75, 3.05) is 6.54 Å². The quantitative estimate of drug-likeness (QED) is 0.470. The average Bonchev–Trinajstić information content (AvgIpc) is 2.14. The van der Waals surface area contributed by atoms with Crippen LogP contribution in [0.3, 0.4) is 0 Å². The molecule has 0 aromatic rings. The smallest absolute Gasteiger partial charge is 0.312 e. The second kappa shape index (κ2) is 2.58. The van der Waals surface area contributed by atoms with Crippen molar-refractivity contribution in [2.45, 2.75) is 19.4 Å². The largest absolute Gasteiger partial charge is 0.481 e. The number of carboxylic acid groups (broad SMARTS) is 1. The van der Waals surface area contributed by atoms with E-state index in [1.54, 1.807) is 0 Å². The van der Waals surface area contributed by atoms with Crippen molar-refractivity contribution >= 4 is 5.97 Å². The van der Waals surface area contributed by atoms with Gasteiger partial charge in [-0.25, -0.2) is 0 Å². The van der Waals surface area contributed by atoms with Crippen LogP contribution in [0.2, 0.25) is 0 Å². The molecule has 0 amide bonds. The molecule has 0 spiro atoms. The standard InChI is InChI=1S/C7H13NO2/c1-5-6(7(9)10)3-4-8(5)2/h5-6,8H,2-4H2,1H3,(H,9,10)/t5-,6-/m0/s1. The number of quaternary nitrogens is 1. The summed E-state index contributed by atoms with van der Waals surface area (Å²) in [7, 11) is 3.80. The van der Waals surface area contributed by atoms with Crippen LogP contribution >= 0.6 is 0 Å². The van der Waals surface area contributed by atoms with Crippen LogP contribution in [0, 0.1) is 13.0 Å². The number of aliphatic carboxylic acids is 1. The molecule has 0 aromatic carbocycles. The van der Waals surface area contributed by atoms with Gasteiger partial charge in [-0.15, -0.1) is 0 Å². The van der Waals surface area contributed by atoms with E-state index in [0.29, 0.717) is 0 Å². The Kier molecular flexibility index (Phi) is 1.94. The van der Waals surface area contributed by atoms with Crippen LogP contribution in [0.25, 0.3) is 0 Å². The highest BCUT2D eigenvalue weighted by Gasteiger charge is 2.34. The second-order valence-corrected chi connectivity index (χ2v) is 2.93. The highest BCUT2D eigenvalue weighted by atomic mass is 16.4. The molecule has 1 saturated heterocycles. The molecule has 10 heavy (non-hydrogen) atoms. The fraction of sp³-hybridized carbons (Fsp3) is 0.714. The molecule has 1 heterocycles. The van der Waals surface area contributed by atoms with Gasteiger partial charge in [-0.1, -0.05) is 0 Å². The van der Waals surface area contributed by atoms with E-state index in [1.807, 2.05) is 6.92 Å². The van der Waals surface area contributed by atoms with Gasteiger partial charge < -0.3 is 10.0 Å². The van der Waals surface area contributed by atoms with Crippen molar-refractivity contribution in [2.24, 2.45) is 5.92 Å². The Morgan fingerprint density at radius 1 is 1.80 bits per heavy atom. The minimum absolute atomic E-state index is 0.174. The minimum atomic E-state index is -0.675. The average molecular weight is 143 g/mol. The molecule has 0 bridgehead atoms. The third kappa shape index (κ3) is 1.14. The van der Waals surface area contributed by atoms with Crippen LogP contribution in [0.15, 0.2) is 0 Å². The Hall–Kier alpha value is -0.570. The van der Waals surface area contributed by atoms with Crippen LogP contribution < -0.4 is 4.90 Å². The number of likely N-dealkylation sites (tertiary alicyclic amines) is 1. The van der Waals surface area contributed by atoms with E-state index in [0.717, 1.165) is 17.9 Å². The third-order valence-corrected chi connectivity index (χ3v) is 2.34. The molecule has 3 heteroatoms. The molecule has 3 atom stereocenters. The Morgan fingerprint density at radius 3 is 2.60 bits per heavy atom. The first-order valence-corrected chi connectivity index (χ1v) is 3.53. The SMILES string of the molecule is [CH2-][NH+]1CC[C@H](C(=O)O)[C@@H]1C. The van der Waals surface area contributed by atoms with Crippen molar-refractivity contribution in [3.8, 4) is 0 Å². The summed E-state index contributed by atoms with van der Waals surface area (Å²) in [6.07, 6.45) is 0.773. The van der Waals surface area contributed by atoms with Crippen LogP contribution in [0.4, 0.5) is 0 Å². The van der Waals surface area contributed by atoms with Gasteiger partial charge in [-0.2, -0.15) is 7.05 Å². The number of carboxylic acids is 1. The molecule has 1 aliphatic heterocycles. The Balaban J connectivity index is 2.57. The number of hydrogen-bond acceptors (Lipinski definition) is 1. The third-order valence-electron chi connectivity index (χ3n) is 2.34. The van der Waals surface area contributed by atoms with Crippen molar-refractivity contribution in [1.82, 2.24) is 0 Å². The molecule has 3 nitrogen and oxygen atoms in total. The Labute approximate surface area is 60.6 Å². The summed E-state index contributed by atoms with van der Waals surface area (Å²) < 4.78 is 0. The number of hydrogen-bond donors (Lipinski definition) is 2. The van der Waals surface area contributed by atoms with Crippen LogP contribution in [-0.2, 0) is 4.79 Å². The molecule has 0 radical (unpaired) electrons. The van der Waals surface area contributed by atoms with Gasteiger partial charge in [-0.05, 0) is 6.92 Å². The lowest BCUT2D eigenvalue weighted by Gasteiger charge is -2.20. The molecule has 0 aliphatic carbocycles. The Bertz CT molecular complexity index is 147. The summed E-state index contributed by atoms with van der Waals surface area (Å²) in [6, 6.07) is 0.178. The van der Waals surface area contributed by atoms with Gasteiger partial charge in [-0.3, -0.25) is 4.79 Å². The maximum atomic E-state index is 10.5. The van der Waals surface area contributed by atoms with Gasteiger partial charge in [0.1, 0.15) is 5.92 Å². The molecular formula is C7H13NO2. The summed E-state index contributed by atoms with van der Waals surface area (Å²) in [5.74, 6) is -0.848. The molecule has 1 fully saturated rings. The lowest BCUT2D eigenvalue weighted by molar-refractivity contribution is -0.865. The van der Waals surface area contributed by atoms with Crippen molar-refractivity contribution < 1.29 is 14.8 Å². The number of carbonyl (C=O) groups is 1. The molecule has 0 saturated carbocycles. The second-order valence-electron chi connectivity index (χ2n) is 2.93. The zero-order valence-electron chi connectivity index (χ0n) is 6.13. The topological polar surface area (TPSA) is 41.7 Å². The first-order chi connectivity index (χ1) is 4.63. The van der Waals surface area contributed by atoms with Gasteiger partial charge in [0.25, 0.3) is 0 Å². The molecule has 1 unspecified atom stereocenters. The highest BCUT2D eigenvalue weighted by Crippen LogP contribution is 2.10. The molecule has 58 valence electrons. The molecule has 0 aromatic heterocycles. The first kappa shape index (κ1) is 7.54. The maximum absolute atomic E-state index is 10.5. The predicted molar refractivity (Wildman–Crippen MR) is 36.4 cm³/mol. The fourth-order valence-corrected chi connectivity index (χ4v) is 1.44. The van der Waals surface area contributed by atoms with E-state index in [9.17, 15) is 4.79 Å². The van der Waals surface area contributed by atoms with Crippen molar-refractivity contribution in [3.05, 3.63) is 7.05 Å². The van der Waals surface area contributed by atoms with Crippen molar-refractivity contribution in [3.63, 3.8) is 0 Å². The van der Waals surface area contributed by atoms with Crippen LogP contribution in [-0.4, -0.2) is 23.7 Å². The lowest BCUT2D eigenvalue weighted by atomic mass is 10.0. The van der Waals surface area contributed by atoms with Gasteiger partial charge >= 0.3 is 5.97 Å². The van der Waals surface area contributed by atoms with Gasteiger partial charge in [0.05, 0.1) is 12.6 Å². The van der Waals surface area contributed by atoms with E-state index < -0.39 is 5.97 Å². The monoisotopic (exact) mass is 143 g/mol. The van der Waals surface area contributed by atoms with E-state index in [4.69, 9.17) is 5.11 Å². The first-order valence-electron chi connectivity index (χ1n) is 3.53. The zero-order valence-corrected chi connectivity index (χ0v) is 6.13. The predicted octanol–water partition coefficient (Wildman–Crippen LogP) is -0.844. The van der Waals surface area contributed by atoms with E-state index in [2.05, 4.69) is 7.05 Å². The van der Waals surface area contributed by atoms with Crippen LogP contribution in [0.5, 0.6) is 0 Å². The Morgan fingerprint density at radius 2 is 2.40 bits per heavy atom. The summed E-state index contributed by atoms with van der Waals surface area (Å²) in [5, 5.41) is 8.66. The maximum Gasteiger partial charge on any atom is 0.312 e. The van der Waals surface area contributed by atoms with E-state index >= 15 is 0 Å². The molecule has 1 aliphatic rings. The molecular weight excluding hydrogens is 130 g/mol. The van der Waals surface area contributed by atoms with E-state index in [-0.39, 0.29) is 12.0 Å². The van der Waals surface area contributed by atoms with Gasteiger partial charge in [0, 0.05) is 6.42 Å². The molecule has 2 N–H and O–H groups in total. The molecule has 1 rings (SSSR count). The lowest BCUT2D eigenvalue weighted by Crippen LogP contribution is -3.08. The normalized spacial score (nSPS) is 40.0. The summed E-state index contributed by atoms with van der Waals surface area (Å²) in [4.78, 5) is 11.6. The van der Waals surface area contributed by atoms with Crippen LogP contribution in [0.1, 0.15) is 13.3 Å².